The van der Waals surface area contributed by atoms with Gasteiger partial charge in [0, 0.05) is 6.61 Å². The van der Waals surface area contributed by atoms with Crippen molar-refractivity contribution < 1.29 is 19.7 Å². The summed E-state index contributed by atoms with van der Waals surface area (Å²) >= 11 is 0. The van der Waals surface area contributed by atoms with E-state index < -0.39 is 5.97 Å². The predicted octanol–water partition coefficient (Wildman–Crippen LogP) is 4.27. The molecule has 2 N–H and O–H groups in total. The van der Waals surface area contributed by atoms with E-state index in [9.17, 15) is 4.79 Å². The van der Waals surface area contributed by atoms with Crippen molar-refractivity contribution in [3.8, 4) is 5.75 Å². The highest BCUT2D eigenvalue weighted by Crippen LogP contribution is 2.18. The molecule has 0 aliphatic heterocycles. The molecule has 1 aromatic rings. The van der Waals surface area contributed by atoms with Gasteiger partial charge in [-0.25, -0.2) is 4.79 Å². The van der Waals surface area contributed by atoms with Gasteiger partial charge in [-0.1, -0.05) is 57.1 Å². The molecule has 124 valence electrons. The van der Waals surface area contributed by atoms with Crippen LogP contribution < -0.4 is 4.74 Å². The molecule has 0 unspecified atom stereocenters. The largest absolute Gasteiger partial charge is 0.493 e. The molecule has 22 heavy (non-hydrogen) atoms. The van der Waals surface area contributed by atoms with Gasteiger partial charge in [-0.3, -0.25) is 0 Å². The van der Waals surface area contributed by atoms with Gasteiger partial charge in [0.15, 0.2) is 0 Å². The summed E-state index contributed by atoms with van der Waals surface area (Å²) < 4.78 is 5.57. The molecule has 0 saturated heterocycles. The molecular weight excluding hydrogens is 280 g/mol. The first-order valence-corrected chi connectivity index (χ1v) is 8.31. The van der Waals surface area contributed by atoms with Gasteiger partial charge in [-0.2, -0.15) is 0 Å². The summed E-state index contributed by atoms with van der Waals surface area (Å²) in [6.45, 7) is 0.881. The number of rotatable bonds is 13. The maximum absolute atomic E-state index is 11.0. The monoisotopic (exact) mass is 308 g/mol. The van der Waals surface area contributed by atoms with E-state index in [1.165, 1.54) is 32.1 Å². The highest BCUT2D eigenvalue weighted by Gasteiger charge is 2.09. The molecule has 0 bridgehead atoms. The smallest absolute Gasteiger partial charge is 0.339 e. The number of benzene rings is 1. The fourth-order valence-corrected chi connectivity index (χ4v) is 2.40. The van der Waals surface area contributed by atoms with Crippen LogP contribution in [0, 0.1) is 0 Å². The zero-order chi connectivity index (χ0) is 16.0. The van der Waals surface area contributed by atoms with Crippen molar-refractivity contribution in [2.24, 2.45) is 0 Å². The first-order valence-electron chi connectivity index (χ1n) is 8.31. The SMILES string of the molecule is O=C(O)c1ccccc1OCCCCCCCCCCCO. The van der Waals surface area contributed by atoms with E-state index in [1.807, 2.05) is 0 Å². The lowest BCUT2D eigenvalue weighted by Gasteiger charge is -2.08. The molecule has 0 radical (unpaired) electrons. The third kappa shape index (κ3) is 8.03. The Kier molecular flexibility index (Phi) is 10.1. The van der Waals surface area contributed by atoms with Crippen molar-refractivity contribution in [3.05, 3.63) is 29.8 Å². The molecule has 4 nitrogen and oxygen atoms in total. The average Bonchev–Trinajstić information content (AvgIpc) is 2.53. The second-order valence-electron chi connectivity index (χ2n) is 5.56. The summed E-state index contributed by atoms with van der Waals surface area (Å²) in [6, 6.07) is 6.76. The van der Waals surface area contributed by atoms with Crippen LogP contribution >= 0.6 is 0 Å². The first-order chi connectivity index (χ1) is 10.8. The topological polar surface area (TPSA) is 66.8 Å². The summed E-state index contributed by atoms with van der Waals surface area (Å²) in [5.41, 5.74) is 0.227. The fraction of sp³-hybridized carbons (Fsp3) is 0.611. The third-order valence-electron chi connectivity index (χ3n) is 3.68. The molecule has 4 heteroatoms. The van der Waals surface area contributed by atoms with Gasteiger partial charge in [0.25, 0.3) is 0 Å². The Bertz CT molecular complexity index is 417. The average molecular weight is 308 g/mol. The van der Waals surface area contributed by atoms with E-state index in [1.54, 1.807) is 24.3 Å². The lowest BCUT2D eigenvalue weighted by molar-refractivity contribution is 0.0692. The summed E-state index contributed by atoms with van der Waals surface area (Å²) in [6.07, 6.45) is 10.3. The number of hydrogen-bond acceptors (Lipinski definition) is 3. The number of carboxylic acids is 1. The Morgan fingerprint density at radius 3 is 2.00 bits per heavy atom. The molecular formula is C18H28O4. The van der Waals surface area contributed by atoms with Crippen molar-refractivity contribution in [1.29, 1.82) is 0 Å². The van der Waals surface area contributed by atoms with Crippen molar-refractivity contribution in [3.63, 3.8) is 0 Å². The lowest BCUT2D eigenvalue weighted by atomic mass is 10.1. The van der Waals surface area contributed by atoms with Gasteiger partial charge in [0.2, 0.25) is 0 Å². The van der Waals surface area contributed by atoms with Crippen LogP contribution in [0.25, 0.3) is 0 Å². The zero-order valence-corrected chi connectivity index (χ0v) is 13.3. The Morgan fingerprint density at radius 1 is 0.864 bits per heavy atom. The zero-order valence-electron chi connectivity index (χ0n) is 13.3. The minimum Gasteiger partial charge on any atom is -0.493 e. The summed E-state index contributed by atoms with van der Waals surface area (Å²) in [5, 5.41) is 17.7. The Labute approximate surface area is 133 Å². The van der Waals surface area contributed by atoms with Crippen LogP contribution in [0.15, 0.2) is 24.3 Å². The van der Waals surface area contributed by atoms with Crippen LogP contribution in [0.3, 0.4) is 0 Å². The van der Waals surface area contributed by atoms with Crippen molar-refractivity contribution in [2.75, 3.05) is 13.2 Å². The van der Waals surface area contributed by atoms with Crippen molar-refractivity contribution in [2.45, 2.75) is 57.8 Å². The maximum Gasteiger partial charge on any atom is 0.339 e. The van der Waals surface area contributed by atoms with E-state index in [-0.39, 0.29) is 5.56 Å². The predicted molar refractivity (Wildman–Crippen MR) is 87.5 cm³/mol. The van der Waals surface area contributed by atoms with Gasteiger partial charge in [0.1, 0.15) is 11.3 Å². The van der Waals surface area contributed by atoms with E-state index >= 15 is 0 Å². The second-order valence-corrected chi connectivity index (χ2v) is 5.56. The van der Waals surface area contributed by atoms with E-state index in [0.29, 0.717) is 19.0 Å². The molecule has 0 fully saturated rings. The first kappa shape index (κ1) is 18.5. The number of unbranched alkanes of at least 4 members (excludes halogenated alkanes) is 8. The van der Waals surface area contributed by atoms with Gasteiger partial charge in [-0.15, -0.1) is 0 Å². The van der Waals surface area contributed by atoms with Gasteiger partial charge in [0.05, 0.1) is 6.61 Å². The van der Waals surface area contributed by atoms with Gasteiger partial charge < -0.3 is 14.9 Å². The number of carboxylic acid groups (broad SMARTS) is 1. The second kappa shape index (κ2) is 12.0. The van der Waals surface area contributed by atoms with Crippen molar-refractivity contribution in [1.82, 2.24) is 0 Å². The molecule has 0 spiro atoms. The van der Waals surface area contributed by atoms with Crippen LogP contribution in [0.5, 0.6) is 5.75 Å². The summed E-state index contributed by atoms with van der Waals surface area (Å²) in [7, 11) is 0. The van der Waals surface area contributed by atoms with Crippen LogP contribution in [0.1, 0.15) is 68.1 Å². The maximum atomic E-state index is 11.0. The summed E-state index contributed by atoms with van der Waals surface area (Å²) in [4.78, 5) is 11.0. The summed E-state index contributed by atoms with van der Waals surface area (Å²) in [5.74, 6) is -0.490. The lowest BCUT2D eigenvalue weighted by Crippen LogP contribution is -2.04. The number of hydrogen-bond donors (Lipinski definition) is 2. The highest BCUT2D eigenvalue weighted by molar-refractivity contribution is 5.90. The number of aliphatic hydroxyl groups excluding tert-OH is 1. The van der Waals surface area contributed by atoms with Gasteiger partial charge in [-0.05, 0) is 25.0 Å². The molecule has 0 heterocycles. The molecule has 0 amide bonds. The number of ether oxygens (including phenoxy) is 1. The van der Waals surface area contributed by atoms with E-state index in [2.05, 4.69) is 0 Å². The van der Waals surface area contributed by atoms with E-state index in [4.69, 9.17) is 14.9 Å². The van der Waals surface area contributed by atoms with Crippen LogP contribution in [-0.4, -0.2) is 29.4 Å². The highest BCUT2D eigenvalue weighted by atomic mass is 16.5. The molecule has 1 rings (SSSR count). The van der Waals surface area contributed by atoms with E-state index in [0.717, 1.165) is 25.7 Å². The third-order valence-corrected chi connectivity index (χ3v) is 3.68. The van der Waals surface area contributed by atoms with Crippen LogP contribution in [-0.2, 0) is 0 Å². The Hall–Kier alpha value is -1.55. The molecule has 0 aliphatic carbocycles. The molecule has 1 aromatic carbocycles. The number of carbonyl (C=O) groups is 1. The van der Waals surface area contributed by atoms with Crippen molar-refractivity contribution >= 4 is 5.97 Å². The number of aliphatic hydroxyl groups is 1. The normalized spacial score (nSPS) is 10.6. The molecule has 0 atom stereocenters. The van der Waals surface area contributed by atoms with Gasteiger partial charge >= 0.3 is 5.97 Å². The fourth-order valence-electron chi connectivity index (χ4n) is 2.40. The minimum absolute atomic E-state index is 0.227. The Morgan fingerprint density at radius 2 is 1.41 bits per heavy atom. The standard InChI is InChI=1S/C18H28O4/c19-14-10-6-4-2-1-3-5-7-11-15-22-17-13-9-8-12-16(17)18(20)21/h8-9,12-13,19H,1-7,10-11,14-15H2,(H,20,21). The quantitative estimate of drug-likeness (QED) is 0.534. The molecule has 0 aliphatic rings. The minimum atomic E-state index is -0.947. The molecule has 0 saturated carbocycles. The van der Waals surface area contributed by atoms with Crippen LogP contribution in [0.2, 0.25) is 0 Å². The Balaban J connectivity index is 2.01. The van der Waals surface area contributed by atoms with Crippen LogP contribution in [0.4, 0.5) is 0 Å². The number of para-hydroxylation sites is 1. The molecule has 0 aromatic heterocycles. The number of aromatic carboxylic acids is 1.